The molecule has 68 valence electrons. The van der Waals surface area contributed by atoms with Gasteiger partial charge in [-0.3, -0.25) is 4.57 Å². The summed E-state index contributed by atoms with van der Waals surface area (Å²) in [6, 6.07) is 0.369. The van der Waals surface area contributed by atoms with Gasteiger partial charge in [0.1, 0.15) is 0 Å². The van der Waals surface area contributed by atoms with E-state index < -0.39 is 0 Å². The Morgan fingerprint density at radius 3 is 2.75 bits per heavy atom. The van der Waals surface area contributed by atoms with Gasteiger partial charge < -0.3 is 4.98 Å². The number of imidazole rings is 1. The number of hydrogen-bond donors (Lipinski definition) is 1. The molecule has 12 heavy (non-hydrogen) atoms. The first kappa shape index (κ1) is 9.10. The van der Waals surface area contributed by atoms with E-state index in [-0.39, 0.29) is 5.69 Å². The third kappa shape index (κ3) is 1.78. The van der Waals surface area contributed by atoms with Gasteiger partial charge in [-0.05, 0) is 12.8 Å². The Hall–Kier alpha value is -0.990. The summed E-state index contributed by atoms with van der Waals surface area (Å²) in [5, 5.41) is 0. The van der Waals surface area contributed by atoms with E-state index in [9.17, 15) is 4.79 Å². The van der Waals surface area contributed by atoms with Crippen molar-refractivity contribution in [3.05, 3.63) is 22.9 Å². The van der Waals surface area contributed by atoms with E-state index in [1.54, 1.807) is 10.8 Å². The fraction of sp³-hybridized carbons (Fsp3) is 0.667. The Morgan fingerprint density at radius 2 is 2.33 bits per heavy atom. The molecule has 1 rings (SSSR count). The van der Waals surface area contributed by atoms with E-state index in [1.165, 1.54) is 0 Å². The second kappa shape index (κ2) is 4.14. The van der Waals surface area contributed by atoms with Crippen LogP contribution in [0.15, 0.2) is 17.2 Å². The summed E-state index contributed by atoms with van der Waals surface area (Å²) < 4.78 is 1.78. The number of hydrogen-bond acceptors (Lipinski definition) is 1. The highest BCUT2D eigenvalue weighted by Gasteiger charge is 2.08. The lowest BCUT2D eigenvalue weighted by Gasteiger charge is -2.13. The molecular weight excluding hydrogens is 152 g/mol. The Morgan fingerprint density at radius 1 is 1.58 bits per heavy atom. The zero-order chi connectivity index (χ0) is 8.97. The van der Waals surface area contributed by atoms with Crippen LogP contribution in [0.1, 0.15) is 39.2 Å². The average molecular weight is 168 g/mol. The molecule has 0 saturated heterocycles. The molecule has 3 heteroatoms. The molecule has 1 aromatic heterocycles. The van der Waals surface area contributed by atoms with Crippen LogP contribution in [-0.4, -0.2) is 9.55 Å². The van der Waals surface area contributed by atoms with Crippen LogP contribution in [0.25, 0.3) is 0 Å². The normalized spacial score (nSPS) is 13.2. The van der Waals surface area contributed by atoms with Gasteiger partial charge in [0.2, 0.25) is 0 Å². The van der Waals surface area contributed by atoms with Gasteiger partial charge in [-0.15, -0.1) is 0 Å². The van der Waals surface area contributed by atoms with E-state index in [0.29, 0.717) is 6.04 Å². The van der Waals surface area contributed by atoms with Crippen molar-refractivity contribution in [3.8, 4) is 0 Å². The molecule has 0 bridgehead atoms. The second-order valence-electron chi connectivity index (χ2n) is 3.02. The number of H-pyrrole nitrogens is 1. The second-order valence-corrected chi connectivity index (χ2v) is 3.02. The molecule has 1 N–H and O–H groups in total. The van der Waals surface area contributed by atoms with Crippen LogP contribution in [0, 0.1) is 0 Å². The molecule has 1 unspecified atom stereocenters. The third-order valence-electron chi connectivity index (χ3n) is 2.16. The molecule has 0 aliphatic heterocycles. The van der Waals surface area contributed by atoms with Crippen LogP contribution in [-0.2, 0) is 0 Å². The minimum Gasteiger partial charge on any atom is -0.313 e. The van der Waals surface area contributed by atoms with Gasteiger partial charge in [0, 0.05) is 18.4 Å². The summed E-state index contributed by atoms with van der Waals surface area (Å²) in [5.74, 6) is 0. The van der Waals surface area contributed by atoms with Crippen molar-refractivity contribution in [2.24, 2.45) is 0 Å². The van der Waals surface area contributed by atoms with E-state index in [0.717, 1.165) is 19.3 Å². The number of aromatic nitrogens is 2. The van der Waals surface area contributed by atoms with Crippen LogP contribution in [0.5, 0.6) is 0 Å². The van der Waals surface area contributed by atoms with E-state index in [2.05, 4.69) is 18.8 Å². The summed E-state index contributed by atoms with van der Waals surface area (Å²) >= 11 is 0. The smallest absolute Gasteiger partial charge is 0.313 e. The van der Waals surface area contributed by atoms with Crippen LogP contribution in [0.4, 0.5) is 0 Å². The molecule has 0 fully saturated rings. The number of nitrogens with zero attached hydrogens (tertiary/aromatic N) is 1. The van der Waals surface area contributed by atoms with Crippen molar-refractivity contribution in [2.75, 3.05) is 0 Å². The standard InChI is InChI=1S/C9H16N2O/c1-3-5-8(4-2)11-7-6-10-9(11)12/h6-8H,3-5H2,1-2H3,(H,10,12). The van der Waals surface area contributed by atoms with Gasteiger partial charge in [-0.1, -0.05) is 20.3 Å². The molecule has 1 heterocycles. The minimum absolute atomic E-state index is 0.00954. The first-order valence-corrected chi connectivity index (χ1v) is 4.55. The van der Waals surface area contributed by atoms with E-state index >= 15 is 0 Å². The quantitative estimate of drug-likeness (QED) is 0.732. The lowest BCUT2D eigenvalue weighted by Crippen LogP contribution is -2.21. The molecule has 3 nitrogen and oxygen atoms in total. The maximum absolute atomic E-state index is 11.2. The Bertz CT molecular complexity index is 274. The highest BCUT2D eigenvalue weighted by Crippen LogP contribution is 2.14. The minimum atomic E-state index is 0.00954. The lowest BCUT2D eigenvalue weighted by molar-refractivity contribution is 0.437. The Balaban J connectivity index is 2.79. The number of rotatable bonds is 4. The predicted molar refractivity (Wildman–Crippen MR) is 49.3 cm³/mol. The fourth-order valence-corrected chi connectivity index (χ4v) is 1.49. The van der Waals surface area contributed by atoms with Crippen molar-refractivity contribution in [3.63, 3.8) is 0 Å². The molecule has 0 aliphatic carbocycles. The van der Waals surface area contributed by atoms with Crippen LogP contribution >= 0.6 is 0 Å². The van der Waals surface area contributed by atoms with E-state index in [1.807, 2.05) is 6.20 Å². The van der Waals surface area contributed by atoms with Crippen LogP contribution in [0.3, 0.4) is 0 Å². The largest absolute Gasteiger partial charge is 0.325 e. The van der Waals surface area contributed by atoms with Gasteiger partial charge in [-0.2, -0.15) is 0 Å². The van der Waals surface area contributed by atoms with Gasteiger partial charge >= 0.3 is 5.69 Å². The first-order valence-electron chi connectivity index (χ1n) is 4.55. The monoisotopic (exact) mass is 168 g/mol. The first-order chi connectivity index (χ1) is 5.79. The molecule has 0 spiro atoms. The number of nitrogens with one attached hydrogen (secondary N) is 1. The molecule has 1 atom stereocenters. The summed E-state index contributed by atoms with van der Waals surface area (Å²) in [4.78, 5) is 13.9. The SMILES string of the molecule is CCCC(CC)n1cc[nH]c1=O. The van der Waals surface area contributed by atoms with E-state index in [4.69, 9.17) is 0 Å². The molecule has 0 amide bonds. The lowest BCUT2D eigenvalue weighted by atomic mass is 10.1. The van der Waals surface area contributed by atoms with Crippen molar-refractivity contribution >= 4 is 0 Å². The fourth-order valence-electron chi connectivity index (χ4n) is 1.49. The van der Waals surface area contributed by atoms with Crippen molar-refractivity contribution in [2.45, 2.75) is 39.2 Å². The van der Waals surface area contributed by atoms with Crippen molar-refractivity contribution in [1.82, 2.24) is 9.55 Å². The summed E-state index contributed by atoms with van der Waals surface area (Å²) in [7, 11) is 0. The highest BCUT2D eigenvalue weighted by molar-refractivity contribution is 4.80. The number of aromatic amines is 1. The topological polar surface area (TPSA) is 37.8 Å². The maximum atomic E-state index is 11.2. The predicted octanol–water partition coefficient (Wildman–Crippen LogP) is 1.93. The summed E-state index contributed by atoms with van der Waals surface area (Å²) in [6.07, 6.45) is 6.74. The van der Waals surface area contributed by atoms with Crippen LogP contribution < -0.4 is 5.69 Å². The molecule has 1 aromatic rings. The maximum Gasteiger partial charge on any atom is 0.325 e. The van der Waals surface area contributed by atoms with Gasteiger partial charge in [0.15, 0.2) is 0 Å². The molecular formula is C9H16N2O. The van der Waals surface area contributed by atoms with Gasteiger partial charge in [0.05, 0.1) is 0 Å². The zero-order valence-electron chi connectivity index (χ0n) is 7.71. The molecule has 0 saturated carbocycles. The summed E-state index contributed by atoms with van der Waals surface area (Å²) in [5.41, 5.74) is 0.00954. The zero-order valence-corrected chi connectivity index (χ0v) is 7.71. The van der Waals surface area contributed by atoms with Crippen molar-refractivity contribution < 1.29 is 0 Å². The molecule has 0 radical (unpaired) electrons. The van der Waals surface area contributed by atoms with Gasteiger partial charge in [0.25, 0.3) is 0 Å². The third-order valence-corrected chi connectivity index (χ3v) is 2.16. The van der Waals surface area contributed by atoms with Gasteiger partial charge in [-0.25, -0.2) is 4.79 Å². The highest BCUT2D eigenvalue weighted by atomic mass is 16.1. The summed E-state index contributed by atoms with van der Waals surface area (Å²) in [6.45, 7) is 4.25. The Kier molecular flexibility index (Phi) is 3.14. The molecule has 0 aromatic carbocycles. The molecule has 0 aliphatic rings. The average Bonchev–Trinajstić information content (AvgIpc) is 2.47. The van der Waals surface area contributed by atoms with Crippen LogP contribution in [0.2, 0.25) is 0 Å². The Labute approximate surface area is 72.4 Å². The van der Waals surface area contributed by atoms with Crippen molar-refractivity contribution in [1.29, 1.82) is 0 Å².